The first-order valence-corrected chi connectivity index (χ1v) is 8.55. The van der Waals surface area contributed by atoms with Crippen molar-refractivity contribution in [2.45, 2.75) is 52.0 Å². The maximum Gasteiger partial charge on any atom is 0.212 e. The van der Waals surface area contributed by atoms with Crippen LogP contribution in [0.1, 0.15) is 46.5 Å². The molecule has 0 bridgehead atoms. The Morgan fingerprint density at radius 2 is 1.88 bits per heavy atom. The molecule has 102 valence electrons. The highest BCUT2D eigenvalue weighted by atomic mass is 35.5. The fraction of sp³-hybridized carbons (Fsp3) is 1.00. The molecule has 0 amide bonds. The van der Waals surface area contributed by atoms with Crippen molar-refractivity contribution in [2.24, 2.45) is 11.8 Å². The second kappa shape index (κ2) is 5.89. The third-order valence-electron chi connectivity index (χ3n) is 3.41. The Kier molecular flexibility index (Phi) is 5.29. The van der Waals surface area contributed by atoms with E-state index in [-0.39, 0.29) is 11.7 Å². The van der Waals surface area contributed by atoms with Gasteiger partial charge in [-0.15, -0.1) is 11.6 Å². The van der Waals surface area contributed by atoms with Crippen molar-refractivity contribution in [1.29, 1.82) is 0 Å². The third-order valence-corrected chi connectivity index (χ3v) is 5.77. The van der Waals surface area contributed by atoms with Crippen molar-refractivity contribution < 1.29 is 8.42 Å². The van der Waals surface area contributed by atoms with E-state index in [0.29, 0.717) is 11.8 Å². The summed E-state index contributed by atoms with van der Waals surface area (Å²) in [5.74, 6) is 1.38. The van der Waals surface area contributed by atoms with Crippen LogP contribution in [0.5, 0.6) is 0 Å². The zero-order chi connectivity index (χ0) is 13.1. The number of sulfonamides is 1. The minimum atomic E-state index is -3.20. The van der Waals surface area contributed by atoms with Crippen LogP contribution in [0, 0.1) is 11.8 Å². The molecule has 1 aliphatic carbocycles. The van der Waals surface area contributed by atoms with Crippen molar-refractivity contribution in [3.8, 4) is 0 Å². The predicted molar refractivity (Wildman–Crippen MR) is 72.8 cm³/mol. The van der Waals surface area contributed by atoms with Crippen LogP contribution in [0.25, 0.3) is 0 Å². The number of halogens is 1. The fourth-order valence-electron chi connectivity index (χ4n) is 2.39. The second-order valence-corrected chi connectivity index (χ2v) is 7.91. The Balaban J connectivity index is 2.69. The maximum absolute atomic E-state index is 12.0. The molecule has 1 aliphatic rings. The zero-order valence-corrected chi connectivity index (χ0v) is 12.6. The van der Waals surface area contributed by atoms with Gasteiger partial charge in [-0.2, -0.15) is 0 Å². The van der Waals surface area contributed by atoms with Crippen LogP contribution in [0.3, 0.4) is 0 Å². The van der Waals surface area contributed by atoms with Crippen LogP contribution < -0.4 is 4.72 Å². The number of rotatable bonds is 5. The lowest BCUT2D eigenvalue weighted by molar-refractivity contribution is 0.247. The molecule has 5 heteroatoms. The molecule has 0 aromatic carbocycles. The van der Waals surface area contributed by atoms with Crippen LogP contribution in [0.2, 0.25) is 0 Å². The van der Waals surface area contributed by atoms with E-state index in [0.717, 1.165) is 25.7 Å². The lowest BCUT2D eigenvalue weighted by Crippen LogP contribution is -2.52. The molecule has 1 N–H and O–H groups in total. The van der Waals surface area contributed by atoms with Gasteiger partial charge in [0.15, 0.2) is 0 Å². The van der Waals surface area contributed by atoms with Gasteiger partial charge in [-0.25, -0.2) is 13.1 Å². The van der Waals surface area contributed by atoms with Crippen LogP contribution >= 0.6 is 11.6 Å². The molecule has 0 atom stereocenters. The summed E-state index contributed by atoms with van der Waals surface area (Å²) < 4.78 is 26.8. The molecule has 1 rings (SSSR count). The first-order chi connectivity index (χ1) is 7.79. The Morgan fingerprint density at radius 1 is 1.35 bits per heavy atom. The Hall–Kier alpha value is 0.200. The molecule has 0 aliphatic heterocycles. The van der Waals surface area contributed by atoms with Gasteiger partial charge >= 0.3 is 0 Å². The smallest absolute Gasteiger partial charge is 0.212 e. The molecule has 0 aromatic rings. The minimum absolute atomic E-state index is 0.141. The van der Waals surface area contributed by atoms with Gasteiger partial charge in [-0.05, 0) is 37.5 Å². The number of nitrogens with one attached hydrogen (secondary N) is 1. The van der Waals surface area contributed by atoms with Crippen molar-refractivity contribution in [3.63, 3.8) is 0 Å². The highest BCUT2D eigenvalue weighted by Crippen LogP contribution is 2.33. The Bertz CT molecular complexity index is 332. The quantitative estimate of drug-likeness (QED) is 0.788. The minimum Gasteiger partial charge on any atom is -0.212 e. The van der Waals surface area contributed by atoms with Gasteiger partial charge in [0.05, 0.1) is 5.75 Å². The van der Waals surface area contributed by atoms with Gasteiger partial charge in [0.2, 0.25) is 10.0 Å². The molecule has 1 fully saturated rings. The number of alkyl halides is 1. The third kappa shape index (κ3) is 4.76. The van der Waals surface area contributed by atoms with Crippen LogP contribution in [0.15, 0.2) is 0 Å². The van der Waals surface area contributed by atoms with E-state index in [9.17, 15) is 8.42 Å². The summed E-state index contributed by atoms with van der Waals surface area (Å²) in [6.07, 6.45) is 3.82. The van der Waals surface area contributed by atoms with Crippen LogP contribution in [-0.2, 0) is 10.0 Å². The Labute approximate surface area is 110 Å². The normalized spacial score (nSPS) is 30.8. The topological polar surface area (TPSA) is 46.2 Å². The van der Waals surface area contributed by atoms with E-state index < -0.39 is 15.6 Å². The average Bonchev–Trinajstić information content (AvgIpc) is 2.19. The molecule has 0 saturated heterocycles. The fourth-order valence-corrected chi connectivity index (χ4v) is 4.70. The van der Waals surface area contributed by atoms with Gasteiger partial charge in [-0.1, -0.05) is 20.8 Å². The van der Waals surface area contributed by atoms with E-state index in [1.54, 1.807) is 0 Å². The summed E-state index contributed by atoms with van der Waals surface area (Å²) in [4.78, 5) is 0. The van der Waals surface area contributed by atoms with Gasteiger partial charge in [-0.3, -0.25) is 0 Å². The molecule has 0 spiro atoms. The molecular weight excluding hydrogens is 258 g/mol. The molecular formula is C12H24ClNO2S. The molecule has 17 heavy (non-hydrogen) atoms. The predicted octanol–water partition coefficient (Wildman–Crippen LogP) is 2.75. The standard InChI is InChI=1S/C12H24ClNO2S/c1-10(2)8-17(15,16)14-12(9-13)6-4-11(3)5-7-12/h10-11,14H,4-9H2,1-3H3. The van der Waals surface area contributed by atoms with Crippen LogP contribution in [-0.4, -0.2) is 25.6 Å². The van der Waals surface area contributed by atoms with Gasteiger partial charge in [0.1, 0.15) is 0 Å². The van der Waals surface area contributed by atoms with E-state index >= 15 is 0 Å². The summed E-state index contributed by atoms with van der Waals surface area (Å²) in [6, 6.07) is 0. The summed E-state index contributed by atoms with van der Waals surface area (Å²) in [5.41, 5.74) is -0.401. The lowest BCUT2D eigenvalue weighted by atomic mass is 9.79. The number of hydrogen-bond acceptors (Lipinski definition) is 2. The highest BCUT2D eigenvalue weighted by molar-refractivity contribution is 7.89. The molecule has 0 radical (unpaired) electrons. The molecule has 3 nitrogen and oxygen atoms in total. The molecule has 0 unspecified atom stereocenters. The van der Waals surface area contributed by atoms with E-state index in [2.05, 4.69) is 11.6 Å². The number of hydrogen-bond donors (Lipinski definition) is 1. The van der Waals surface area contributed by atoms with Gasteiger partial charge in [0, 0.05) is 11.4 Å². The summed E-state index contributed by atoms with van der Waals surface area (Å²) in [7, 11) is -3.20. The van der Waals surface area contributed by atoms with Crippen molar-refractivity contribution in [1.82, 2.24) is 4.72 Å². The summed E-state index contributed by atoms with van der Waals surface area (Å²) in [5, 5.41) is 0. The SMILES string of the molecule is CC(C)CS(=O)(=O)NC1(CCl)CCC(C)CC1. The van der Waals surface area contributed by atoms with Crippen molar-refractivity contribution >= 4 is 21.6 Å². The van der Waals surface area contributed by atoms with Crippen molar-refractivity contribution in [2.75, 3.05) is 11.6 Å². The largest absolute Gasteiger partial charge is 0.212 e. The summed E-state index contributed by atoms with van der Waals surface area (Å²) >= 11 is 6.00. The monoisotopic (exact) mass is 281 g/mol. The molecule has 1 saturated carbocycles. The molecule has 0 heterocycles. The average molecular weight is 282 g/mol. The molecule has 0 aromatic heterocycles. The second-order valence-electron chi connectivity index (χ2n) is 5.87. The van der Waals surface area contributed by atoms with E-state index in [1.165, 1.54) is 0 Å². The van der Waals surface area contributed by atoms with Crippen molar-refractivity contribution in [3.05, 3.63) is 0 Å². The lowest BCUT2D eigenvalue weighted by Gasteiger charge is -2.38. The van der Waals surface area contributed by atoms with E-state index in [4.69, 9.17) is 11.6 Å². The maximum atomic E-state index is 12.0. The van der Waals surface area contributed by atoms with E-state index in [1.807, 2.05) is 13.8 Å². The first-order valence-electron chi connectivity index (χ1n) is 6.36. The summed E-state index contributed by atoms with van der Waals surface area (Å²) in [6.45, 7) is 6.03. The first kappa shape index (κ1) is 15.3. The van der Waals surface area contributed by atoms with Gasteiger partial charge in [0.25, 0.3) is 0 Å². The zero-order valence-electron chi connectivity index (χ0n) is 11.0. The van der Waals surface area contributed by atoms with Crippen LogP contribution in [0.4, 0.5) is 0 Å². The Morgan fingerprint density at radius 3 is 2.29 bits per heavy atom. The van der Waals surface area contributed by atoms with Gasteiger partial charge < -0.3 is 0 Å². The highest BCUT2D eigenvalue weighted by Gasteiger charge is 2.36.